The second-order valence-electron chi connectivity index (χ2n) is 8.35. The van der Waals surface area contributed by atoms with E-state index in [-0.39, 0.29) is 24.1 Å². The minimum Gasteiger partial charge on any atom is -0.481 e. The van der Waals surface area contributed by atoms with Gasteiger partial charge >= 0.3 is 5.97 Å². The first-order valence-electron chi connectivity index (χ1n) is 11.1. The number of aliphatic carboxylic acids is 1. The molecule has 4 rings (SSSR count). The Balaban J connectivity index is 0.000000220. The largest absolute Gasteiger partial charge is 0.481 e. The fourth-order valence-corrected chi connectivity index (χ4v) is 6.97. The first-order chi connectivity index (χ1) is 15.0. The number of carbonyl (C=O) groups is 2. The van der Waals surface area contributed by atoms with Crippen molar-refractivity contribution in [3.05, 3.63) is 70.8 Å². The summed E-state index contributed by atoms with van der Waals surface area (Å²) >= 11 is 3.71. The summed E-state index contributed by atoms with van der Waals surface area (Å²) in [5, 5.41) is 10.8. The molecule has 2 atom stereocenters. The zero-order valence-electron chi connectivity index (χ0n) is 19.4. The third-order valence-corrected chi connectivity index (χ3v) is 8.81. The van der Waals surface area contributed by atoms with Crippen molar-refractivity contribution in [2.24, 2.45) is 0 Å². The maximum atomic E-state index is 12.1. The van der Waals surface area contributed by atoms with Crippen molar-refractivity contribution in [1.29, 1.82) is 0 Å². The Morgan fingerprint density at radius 2 is 1.84 bits per heavy atom. The normalized spacial score (nSPS) is 21.5. The van der Waals surface area contributed by atoms with Crippen LogP contribution >= 0.6 is 23.5 Å². The number of carboxylic acid groups (broad SMARTS) is 1. The van der Waals surface area contributed by atoms with Crippen LogP contribution in [0.15, 0.2) is 48.5 Å². The SMILES string of the molecule is CCCCC1(C(=O)O)CCc2ccccc21.Cc1ccc(C(=O)C2CCSCS2)cc1.[Li]. The van der Waals surface area contributed by atoms with Gasteiger partial charge in [0, 0.05) is 29.5 Å². The Labute approximate surface area is 212 Å². The Morgan fingerprint density at radius 1 is 1.12 bits per heavy atom. The minimum absolute atomic E-state index is 0. The molecule has 32 heavy (non-hydrogen) atoms. The number of hydrogen-bond donors (Lipinski definition) is 1. The van der Waals surface area contributed by atoms with Crippen LogP contribution in [0, 0.1) is 6.92 Å². The maximum absolute atomic E-state index is 12.1. The van der Waals surface area contributed by atoms with Gasteiger partial charge in [0.05, 0.1) is 10.7 Å². The molecule has 0 bridgehead atoms. The average molecular weight is 464 g/mol. The van der Waals surface area contributed by atoms with Crippen LogP contribution in [0.3, 0.4) is 0 Å². The Morgan fingerprint density at radius 3 is 2.47 bits per heavy atom. The smallest absolute Gasteiger partial charge is 0.314 e. The number of carboxylic acids is 1. The van der Waals surface area contributed by atoms with Crippen molar-refractivity contribution >= 4 is 54.1 Å². The monoisotopic (exact) mass is 463 g/mol. The maximum Gasteiger partial charge on any atom is 0.314 e. The van der Waals surface area contributed by atoms with Gasteiger partial charge in [0.15, 0.2) is 5.78 Å². The molecule has 1 heterocycles. The number of thioether (sulfide) groups is 2. The zero-order chi connectivity index (χ0) is 22.3. The van der Waals surface area contributed by atoms with Gasteiger partial charge in [-0.2, -0.15) is 11.8 Å². The first-order valence-corrected chi connectivity index (χ1v) is 13.3. The number of unbranched alkanes of at least 4 members (excludes halogenated alkanes) is 1. The molecule has 2 aliphatic rings. The molecule has 1 saturated heterocycles. The molecule has 0 amide bonds. The molecule has 0 spiro atoms. The zero-order valence-corrected chi connectivity index (χ0v) is 21.1. The second-order valence-corrected chi connectivity index (χ2v) is 11.0. The van der Waals surface area contributed by atoms with Crippen molar-refractivity contribution in [2.45, 2.75) is 63.0 Å². The predicted octanol–water partition coefficient (Wildman–Crippen LogP) is 6.14. The van der Waals surface area contributed by atoms with Crippen LogP contribution in [0.5, 0.6) is 0 Å². The van der Waals surface area contributed by atoms with Crippen LogP contribution in [0.4, 0.5) is 0 Å². The van der Waals surface area contributed by atoms with Gasteiger partial charge in [-0.25, -0.2) is 0 Å². The van der Waals surface area contributed by atoms with E-state index in [0.29, 0.717) is 5.78 Å². The van der Waals surface area contributed by atoms with E-state index in [9.17, 15) is 14.7 Å². The minimum atomic E-state index is -0.647. The van der Waals surface area contributed by atoms with E-state index in [1.165, 1.54) is 11.1 Å². The first kappa shape index (κ1) is 27.1. The van der Waals surface area contributed by atoms with E-state index >= 15 is 0 Å². The van der Waals surface area contributed by atoms with Crippen LogP contribution in [0.25, 0.3) is 0 Å². The van der Waals surface area contributed by atoms with E-state index in [1.807, 2.05) is 61.2 Å². The van der Waals surface area contributed by atoms with Crippen LogP contribution in [-0.4, -0.2) is 51.8 Å². The van der Waals surface area contributed by atoms with Crippen LogP contribution in [-0.2, 0) is 16.6 Å². The van der Waals surface area contributed by atoms with Gasteiger partial charge < -0.3 is 5.11 Å². The third kappa shape index (κ3) is 6.47. The summed E-state index contributed by atoms with van der Waals surface area (Å²) in [6, 6.07) is 15.9. The average Bonchev–Trinajstić information content (AvgIpc) is 3.19. The second kappa shape index (κ2) is 12.9. The molecular weight excluding hydrogens is 431 g/mol. The van der Waals surface area contributed by atoms with E-state index in [1.54, 1.807) is 11.8 Å². The molecule has 2 aromatic rings. The van der Waals surface area contributed by atoms with E-state index < -0.39 is 11.4 Å². The number of benzene rings is 2. The predicted molar refractivity (Wildman–Crippen MR) is 138 cm³/mol. The molecule has 1 radical (unpaired) electrons. The van der Waals surface area contributed by atoms with Crippen molar-refractivity contribution in [1.82, 2.24) is 0 Å². The number of aryl methyl sites for hydroxylation is 2. The molecule has 0 saturated carbocycles. The van der Waals surface area contributed by atoms with Gasteiger partial charge in [-0.3, -0.25) is 9.59 Å². The molecule has 1 fully saturated rings. The number of hydrogen-bond acceptors (Lipinski definition) is 4. The van der Waals surface area contributed by atoms with Gasteiger partial charge in [0.1, 0.15) is 0 Å². The van der Waals surface area contributed by atoms with Crippen LogP contribution < -0.4 is 0 Å². The molecule has 167 valence electrons. The molecule has 2 aromatic carbocycles. The van der Waals surface area contributed by atoms with Crippen LogP contribution in [0.1, 0.15) is 66.1 Å². The van der Waals surface area contributed by atoms with Crippen molar-refractivity contribution in [3.63, 3.8) is 0 Å². The summed E-state index contributed by atoms with van der Waals surface area (Å²) in [5.41, 5.74) is 3.74. The van der Waals surface area contributed by atoms with Crippen molar-refractivity contribution < 1.29 is 14.7 Å². The molecule has 2 unspecified atom stereocenters. The molecule has 1 aliphatic heterocycles. The van der Waals surface area contributed by atoms with Crippen molar-refractivity contribution in [3.8, 4) is 0 Å². The van der Waals surface area contributed by atoms with Gasteiger partial charge in [-0.05, 0) is 49.5 Å². The topological polar surface area (TPSA) is 54.4 Å². The molecule has 1 aliphatic carbocycles. The number of ketones is 1. The van der Waals surface area contributed by atoms with Gasteiger partial charge in [0.2, 0.25) is 0 Å². The molecular formula is C26H32LiO3S2. The van der Waals surface area contributed by atoms with Gasteiger partial charge in [-0.1, -0.05) is 73.9 Å². The van der Waals surface area contributed by atoms with E-state index in [2.05, 4.69) is 13.0 Å². The summed E-state index contributed by atoms with van der Waals surface area (Å²) in [6.07, 6.45) is 5.50. The van der Waals surface area contributed by atoms with Gasteiger partial charge in [0.25, 0.3) is 0 Å². The summed E-state index contributed by atoms with van der Waals surface area (Å²) in [5.74, 6) is 0.779. The third-order valence-electron chi connectivity index (χ3n) is 6.23. The number of rotatable bonds is 6. The Kier molecular flexibility index (Phi) is 11.0. The van der Waals surface area contributed by atoms with Gasteiger partial charge in [-0.15, -0.1) is 11.8 Å². The molecule has 3 nitrogen and oxygen atoms in total. The van der Waals surface area contributed by atoms with Crippen molar-refractivity contribution in [2.75, 3.05) is 10.8 Å². The Hall–Kier alpha value is -1.12. The molecule has 1 N–H and O–H groups in total. The molecule has 6 heteroatoms. The summed E-state index contributed by atoms with van der Waals surface area (Å²) in [4.78, 5) is 23.7. The van der Waals surface area contributed by atoms with E-state index in [4.69, 9.17) is 0 Å². The van der Waals surface area contributed by atoms with E-state index in [0.717, 1.165) is 60.5 Å². The number of Topliss-reactive ketones (excluding diaryl/α,β-unsaturated/α-hetero) is 1. The summed E-state index contributed by atoms with van der Waals surface area (Å²) < 4.78 is 0. The summed E-state index contributed by atoms with van der Waals surface area (Å²) in [7, 11) is 0. The summed E-state index contributed by atoms with van der Waals surface area (Å²) in [6.45, 7) is 4.15. The number of fused-ring (bicyclic) bond motifs is 1. The van der Waals surface area contributed by atoms with Crippen LogP contribution in [0.2, 0.25) is 0 Å². The Bertz CT molecular complexity index is 894. The molecule has 0 aromatic heterocycles. The fourth-order valence-electron chi connectivity index (χ4n) is 4.33. The number of carbonyl (C=O) groups excluding carboxylic acids is 1. The fraction of sp³-hybridized carbons (Fsp3) is 0.462. The standard InChI is InChI=1S/C14H18O2.C12H14OS2.Li/c1-2-3-9-14(13(15)16)10-8-11-6-4-5-7-12(11)14;1-9-2-4-10(5-3-9)12(13)11-6-7-14-8-15-11;/h4-7H,2-3,8-10H2,1H3,(H,15,16);2-5,11H,6-8H2,1H3;. The quantitative estimate of drug-likeness (QED) is 0.412.